The first kappa shape index (κ1) is 31.1. The second-order valence-corrected chi connectivity index (χ2v) is 14.5. The van der Waals surface area contributed by atoms with Gasteiger partial charge in [0.1, 0.15) is 19.0 Å². The van der Waals surface area contributed by atoms with Crippen molar-refractivity contribution in [3.63, 3.8) is 0 Å². The number of rotatable bonds is 9. The number of nitrogens with zero attached hydrogens (tertiary/aromatic N) is 2. The lowest BCUT2D eigenvalue weighted by Gasteiger charge is -2.42. The summed E-state index contributed by atoms with van der Waals surface area (Å²) in [5, 5.41) is 0. The smallest absolute Gasteiger partial charge is 0.410 e. The van der Waals surface area contributed by atoms with Crippen LogP contribution in [0, 0.1) is 29.3 Å². The average molecular weight is 593 g/mol. The maximum atomic E-state index is 14.6. The van der Waals surface area contributed by atoms with Crippen molar-refractivity contribution >= 4 is 22.8 Å². The summed E-state index contributed by atoms with van der Waals surface area (Å²) in [5.41, 5.74) is 0.923. The molecule has 41 heavy (non-hydrogen) atoms. The Kier molecular flexibility index (Phi) is 9.82. The van der Waals surface area contributed by atoms with Crippen molar-refractivity contribution in [2.45, 2.75) is 76.3 Å². The Hall–Kier alpha value is -2.88. The average Bonchev–Trinajstić information content (AvgIpc) is 3.19. The van der Waals surface area contributed by atoms with E-state index >= 15 is 0 Å². The van der Waals surface area contributed by atoms with Crippen LogP contribution in [0.4, 0.5) is 18.0 Å². The summed E-state index contributed by atoms with van der Waals surface area (Å²) in [6.45, 7) is 5.65. The minimum atomic E-state index is -1.24. The molecule has 0 N–H and O–H groups in total. The van der Waals surface area contributed by atoms with E-state index in [0.717, 1.165) is 24.5 Å². The van der Waals surface area contributed by atoms with Crippen molar-refractivity contribution in [1.29, 1.82) is 0 Å². The van der Waals surface area contributed by atoms with Gasteiger partial charge in [-0.05, 0) is 81.9 Å². The van der Waals surface area contributed by atoms with Crippen LogP contribution < -0.4 is 0 Å². The zero-order valence-electron chi connectivity index (χ0n) is 24.1. The lowest BCUT2D eigenvalue weighted by atomic mass is 9.78. The standard InChI is InChI=1S/C31H39F3N2O4S/c1-31(2,3)41(39)19-23(12-22-15-27(33)28(34)16-26(22)32)21-13-24-10-11-25(14-21)36(24)29(37)17-35(4)30(38)40-18-20-8-6-5-7-9-20/h5-9,15-16,21,23-25H,10-14,17-19H2,1-4H3/t21?,23-,24-,25+,41+/m0/s1. The Morgan fingerprint density at radius 3 is 2.24 bits per heavy atom. The number of amides is 2. The van der Waals surface area contributed by atoms with Gasteiger partial charge in [0.05, 0.1) is 0 Å². The van der Waals surface area contributed by atoms with Crippen LogP contribution in [0.1, 0.15) is 57.6 Å². The summed E-state index contributed by atoms with van der Waals surface area (Å²) in [4.78, 5) is 29.0. The highest BCUT2D eigenvalue weighted by atomic mass is 32.2. The van der Waals surface area contributed by atoms with Gasteiger partial charge < -0.3 is 14.5 Å². The zero-order chi connectivity index (χ0) is 29.9. The molecule has 5 atom stereocenters. The van der Waals surface area contributed by atoms with E-state index in [1.165, 1.54) is 11.9 Å². The minimum Gasteiger partial charge on any atom is -0.445 e. The maximum Gasteiger partial charge on any atom is 0.410 e. The molecule has 2 heterocycles. The van der Waals surface area contributed by atoms with E-state index in [-0.39, 0.29) is 55.0 Å². The van der Waals surface area contributed by atoms with Gasteiger partial charge in [-0.1, -0.05) is 30.3 Å². The van der Waals surface area contributed by atoms with Crippen LogP contribution in [-0.4, -0.2) is 62.2 Å². The van der Waals surface area contributed by atoms with Crippen molar-refractivity contribution < 1.29 is 31.7 Å². The van der Waals surface area contributed by atoms with Gasteiger partial charge >= 0.3 is 6.09 Å². The molecule has 2 fully saturated rings. The first-order valence-electron chi connectivity index (χ1n) is 14.1. The predicted molar refractivity (Wildman–Crippen MR) is 152 cm³/mol. The van der Waals surface area contributed by atoms with E-state index < -0.39 is 39.1 Å². The lowest BCUT2D eigenvalue weighted by Crippen LogP contribution is -2.51. The maximum absolute atomic E-state index is 14.6. The fraction of sp³-hybridized carbons (Fsp3) is 0.548. The fourth-order valence-corrected chi connectivity index (χ4v) is 7.28. The number of ether oxygens (including phenoxy) is 1. The van der Waals surface area contributed by atoms with Crippen LogP contribution in [0.15, 0.2) is 42.5 Å². The molecule has 2 saturated heterocycles. The van der Waals surface area contributed by atoms with Crippen molar-refractivity contribution in [3.8, 4) is 0 Å². The van der Waals surface area contributed by atoms with Crippen LogP contribution in [0.5, 0.6) is 0 Å². The molecular formula is C31H39F3N2O4S. The van der Waals surface area contributed by atoms with Gasteiger partial charge in [0.25, 0.3) is 0 Å². The molecule has 0 saturated carbocycles. The number of halogens is 3. The first-order chi connectivity index (χ1) is 19.3. The number of hydrogen-bond donors (Lipinski definition) is 0. The van der Waals surface area contributed by atoms with Gasteiger partial charge in [-0.25, -0.2) is 18.0 Å². The van der Waals surface area contributed by atoms with Gasteiger partial charge in [-0.3, -0.25) is 9.00 Å². The third-order valence-corrected chi connectivity index (χ3v) is 10.3. The summed E-state index contributed by atoms with van der Waals surface area (Å²) >= 11 is 0. The number of fused-ring (bicyclic) bond motifs is 2. The largest absolute Gasteiger partial charge is 0.445 e. The fourth-order valence-electron chi connectivity index (χ4n) is 6.00. The molecule has 6 nitrogen and oxygen atoms in total. The Morgan fingerprint density at radius 1 is 1.02 bits per heavy atom. The van der Waals surface area contributed by atoms with Crippen molar-refractivity contribution in [3.05, 3.63) is 71.0 Å². The zero-order valence-corrected chi connectivity index (χ0v) is 24.9. The molecule has 2 aliphatic rings. The highest BCUT2D eigenvalue weighted by molar-refractivity contribution is 7.86. The van der Waals surface area contributed by atoms with E-state index in [4.69, 9.17) is 4.74 Å². The van der Waals surface area contributed by atoms with Gasteiger partial charge in [0.15, 0.2) is 11.6 Å². The van der Waals surface area contributed by atoms with Gasteiger partial charge in [0.2, 0.25) is 5.91 Å². The molecule has 2 aromatic rings. The van der Waals surface area contributed by atoms with Crippen molar-refractivity contribution in [2.24, 2.45) is 11.8 Å². The Morgan fingerprint density at radius 2 is 1.63 bits per heavy atom. The first-order valence-corrected chi connectivity index (χ1v) is 15.4. The molecule has 4 rings (SSSR count). The van der Waals surface area contributed by atoms with Crippen LogP contribution in [0.25, 0.3) is 0 Å². The predicted octanol–water partition coefficient (Wildman–Crippen LogP) is 5.85. The Balaban J connectivity index is 1.42. The topological polar surface area (TPSA) is 66.9 Å². The van der Waals surface area contributed by atoms with Crippen molar-refractivity contribution in [2.75, 3.05) is 19.3 Å². The van der Waals surface area contributed by atoms with Crippen molar-refractivity contribution in [1.82, 2.24) is 9.80 Å². The third kappa shape index (κ3) is 7.70. The van der Waals surface area contributed by atoms with Gasteiger partial charge in [-0.15, -0.1) is 0 Å². The summed E-state index contributed by atoms with van der Waals surface area (Å²) in [5.74, 6) is -3.21. The summed E-state index contributed by atoms with van der Waals surface area (Å²) < 4.78 is 60.2. The number of carbonyl (C=O) groups excluding carboxylic acids is 2. The van der Waals surface area contributed by atoms with Crippen LogP contribution in [-0.2, 0) is 33.4 Å². The number of carbonyl (C=O) groups is 2. The van der Waals surface area contributed by atoms with E-state index in [0.29, 0.717) is 24.7 Å². The van der Waals surface area contributed by atoms with Crippen LogP contribution in [0.3, 0.4) is 0 Å². The number of likely N-dealkylation sites (N-methyl/N-ethyl adjacent to an activating group) is 1. The molecule has 10 heteroatoms. The SMILES string of the molecule is CN(CC(=O)N1[C@@H]2CC[C@H]1CC([C@@H](Cc1cc(F)c(F)cc1F)C[S@@](=O)C(C)(C)C)C2)C(=O)OCc1ccccc1. The molecule has 2 amide bonds. The van der Waals surface area contributed by atoms with Crippen LogP contribution >= 0.6 is 0 Å². The van der Waals surface area contributed by atoms with E-state index in [1.54, 1.807) is 0 Å². The molecule has 0 aromatic heterocycles. The number of hydrogen-bond acceptors (Lipinski definition) is 4. The van der Waals surface area contributed by atoms with Gasteiger partial charge in [0, 0.05) is 46.5 Å². The molecule has 1 unspecified atom stereocenters. The summed E-state index contributed by atoms with van der Waals surface area (Å²) in [6, 6.07) is 10.6. The molecule has 2 aromatic carbocycles. The molecule has 0 radical (unpaired) electrons. The van der Waals surface area contributed by atoms with Gasteiger partial charge in [-0.2, -0.15) is 0 Å². The van der Waals surface area contributed by atoms with Crippen LogP contribution in [0.2, 0.25) is 0 Å². The highest BCUT2D eigenvalue weighted by Crippen LogP contribution is 2.43. The van der Waals surface area contributed by atoms with E-state index in [9.17, 15) is 27.0 Å². The number of piperidine rings is 1. The molecule has 224 valence electrons. The van der Waals surface area contributed by atoms with E-state index in [1.807, 2.05) is 56.0 Å². The Bertz CT molecular complexity index is 1260. The highest BCUT2D eigenvalue weighted by Gasteiger charge is 2.46. The summed E-state index contributed by atoms with van der Waals surface area (Å²) in [7, 11) is 0.299. The monoisotopic (exact) mass is 592 g/mol. The second-order valence-electron chi connectivity index (χ2n) is 12.3. The number of benzene rings is 2. The lowest BCUT2D eigenvalue weighted by molar-refractivity contribution is -0.137. The molecule has 2 bridgehead atoms. The third-order valence-electron chi connectivity index (χ3n) is 8.23. The normalized spacial score (nSPS) is 21.8. The van der Waals surface area contributed by atoms with E-state index in [2.05, 4.69) is 0 Å². The molecular weight excluding hydrogens is 553 g/mol. The molecule has 0 spiro atoms. The minimum absolute atomic E-state index is 0.0314. The second kappa shape index (κ2) is 13.0. The Labute approximate surface area is 242 Å². The molecule has 0 aliphatic carbocycles. The summed E-state index contributed by atoms with van der Waals surface area (Å²) in [6.07, 6.45) is 2.46. The quantitative estimate of drug-likeness (QED) is 0.343. The molecule has 2 aliphatic heterocycles.